The average molecular weight is 345 g/mol. The Balaban J connectivity index is 1.49. The Kier molecular flexibility index (Phi) is 4.27. The normalized spacial score (nSPS) is 11.0. The van der Waals surface area contributed by atoms with Crippen molar-refractivity contribution in [1.82, 2.24) is 15.3 Å². The molecule has 0 aliphatic carbocycles. The van der Waals surface area contributed by atoms with Gasteiger partial charge in [-0.05, 0) is 54.4 Å². The van der Waals surface area contributed by atoms with Crippen molar-refractivity contribution in [3.05, 3.63) is 83.7 Å². The van der Waals surface area contributed by atoms with Crippen LogP contribution >= 0.6 is 0 Å². The van der Waals surface area contributed by atoms with E-state index in [0.717, 1.165) is 22.1 Å². The highest BCUT2D eigenvalue weighted by Gasteiger charge is 2.08. The van der Waals surface area contributed by atoms with Crippen molar-refractivity contribution in [2.24, 2.45) is 0 Å². The van der Waals surface area contributed by atoms with Crippen molar-refractivity contribution in [3.8, 4) is 0 Å². The van der Waals surface area contributed by atoms with Gasteiger partial charge in [-0.2, -0.15) is 0 Å². The molecule has 0 aliphatic rings. The van der Waals surface area contributed by atoms with E-state index in [0.29, 0.717) is 24.0 Å². The summed E-state index contributed by atoms with van der Waals surface area (Å²) in [6, 6.07) is 19.2. The number of amides is 1. The number of nitrogens with one attached hydrogen (secondary N) is 1. The van der Waals surface area contributed by atoms with Crippen LogP contribution in [0.25, 0.3) is 22.1 Å². The van der Waals surface area contributed by atoms with Gasteiger partial charge in [-0.1, -0.05) is 24.3 Å². The molecule has 5 heteroatoms. The maximum absolute atomic E-state index is 12.9. The summed E-state index contributed by atoms with van der Waals surface area (Å²) in [5.74, 6) is -0.424. The van der Waals surface area contributed by atoms with E-state index < -0.39 is 0 Å². The van der Waals surface area contributed by atoms with Gasteiger partial charge in [0.25, 0.3) is 5.91 Å². The first kappa shape index (κ1) is 16.1. The van der Waals surface area contributed by atoms with Crippen LogP contribution in [-0.4, -0.2) is 22.4 Å². The molecule has 26 heavy (non-hydrogen) atoms. The number of nitrogens with zero attached hydrogens (tertiary/aromatic N) is 2. The molecule has 0 unspecified atom stereocenters. The molecule has 1 aromatic heterocycles. The van der Waals surface area contributed by atoms with Gasteiger partial charge in [-0.15, -0.1) is 0 Å². The zero-order chi connectivity index (χ0) is 17.9. The number of rotatable bonds is 4. The lowest BCUT2D eigenvalue weighted by Crippen LogP contribution is -2.25. The second-order valence-electron chi connectivity index (χ2n) is 6.05. The predicted octanol–water partition coefficient (Wildman–Crippen LogP) is 3.89. The molecule has 0 bridgehead atoms. The van der Waals surface area contributed by atoms with Crippen LogP contribution in [0.15, 0.2) is 66.7 Å². The second kappa shape index (κ2) is 6.88. The summed E-state index contributed by atoms with van der Waals surface area (Å²) in [4.78, 5) is 21.5. The van der Waals surface area contributed by atoms with E-state index in [1.165, 1.54) is 12.1 Å². The zero-order valence-electron chi connectivity index (χ0n) is 13.9. The molecule has 0 spiro atoms. The van der Waals surface area contributed by atoms with Gasteiger partial charge in [0.1, 0.15) is 5.82 Å². The quantitative estimate of drug-likeness (QED) is 0.571. The Morgan fingerprint density at radius 3 is 2.23 bits per heavy atom. The molecule has 0 saturated heterocycles. The Hall–Kier alpha value is -3.34. The van der Waals surface area contributed by atoms with Gasteiger partial charge in [0, 0.05) is 12.1 Å². The van der Waals surface area contributed by atoms with Gasteiger partial charge in [-0.25, -0.2) is 14.4 Å². The smallest absolute Gasteiger partial charge is 0.251 e. The lowest BCUT2D eigenvalue weighted by atomic mass is 10.1. The number of carbonyl (C=O) groups excluding carboxylic acids is 1. The molecule has 0 fully saturated rings. The van der Waals surface area contributed by atoms with E-state index >= 15 is 0 Å². The third-order valence-corrected chi connectivity index (χ3v) is 4.21. The molecule has 1 heterocycles. The van der Waals surface area contributed by atoms with Crippen molar-refractivity contribution < 1.29 is 9.18 Å². The van der Waals surface area contributed by atoms with Gasteiger partial charge in [0.05, 0.1) is 22.1 Å². The lowest BCUT2D eigenvalue weighted by molar-refractivity contribution is 0.0954. The minimum Gasteiger partial charge on any atom is -0.352 e. The summed E-state index contributed by atoms with van der Waals surface area (Å²) in [5, 5.41) is 2.88. The van der Waals surface area contributed by atoms with E-state index in [1.807, 2.05) is 30.3 Å². The SMILES string of the molecule is O=C(NCCc1ccc(F)cc1)c1ccc2nc3ccccc3nc2c1. The van der Waals surface area contributed by atoms with Gasteiger partial charge >= 0.3 is 0 Å². The Morgan fingerprint density at radius 1 is 0.846 bits per heavy atom. The monoisotopic (exact) mass is 345 g/mol. The molecule has 4 aromatic rings. The molecule has 0 saturated carbocycles. The van der Waals surface area contributed by atoms with Crippen LogP contribution in [0.4, 0.5) is 4.39 Å². The highest BCUT2D eigenvalue weighted by Crippen LogP contribution is 2.17. The molecule has 0 aliphatic heterocycles. The molecule has 3 aromatic carbocycles. The highest BCUT2D eigenvalue weighted by atomic mass is 19.1. The maximum atomic E-state index is 12.9. The lowest BCUT2D eigenvalue weighted by Gasteiger charge is -2.07. The Morgan fingerprint density at radius 2 is 1.50 bits per heavy atom. The van der Waals surface area contributed by atoms with Crippen molar-refractivity contribution in [2.75, 3.05) is 6.54 Å². The van der Waals surface area contributed by atoms with Crippen LogP contribution in [0, 0.1) is 5.82 Å². The van der Waals surface area contributed by atoms with Crippen molar-refractivity contribution >= 4 is 28.0 Å². The summed E-state index contributed by atoms with van der Waals surface area (Å²) < 4.78 is 12.9. The molecule has 1 amide bonds. The topological polar surface area (TPSA) is 54.9 Å². The number of hydrogen-bond acceptors (Lipinski definition) is 3. The van der Waals surface area contributed by atoms with Gasteiger partial charge in [0.2, 0.25) is 0 Å². The second-order valence-corrected chi connectivity index (χ2v) is 6.05. The van der Waals surface area contributed by atoms with Crippen molar-refractivity contribution in [1.29, 1.82) is 0 Å². The number of fused-ring (bicyclic) bond motifs is 2. The van der Waals surface area contributed by atoms with Gasteiger partial charge < -0.3 is 5.32 Å². The highest BCUT2D eigenvalue weighted by molar-refractivity contribution is 5.98. The van der Waals surface area contributed by atoms with Crippen LogP contribution in [0.3, 0.4) is 0 Å². The first-order valence-corrected chi connectivity index (χ1v) is 8.38. The van der Waals surface area contributed by atoms with Gasteiger partial charge in [-0.3, -0.25) is 4.79 Å². The molecule has 4 nitrogen and oxygen atoms in total. The molecule has 128 valence electrons. The molecule has 1 N–H and O–H groups in total. The minimum absolute atomic E-state index is 0.163. The Bertz CT molecular complexity index is 1090. The number of hydrogen-bond donors (Lipinski definition) is 1. The maximum Gasteiger partial charge on any atom is 0.251 e. The fourth-order valence-electron chi connectivity index (χ4n) is 2.84. The van der Waals surface area contributed by atoms with Crippen LogP contribution in [0.5, 0.6) is 0 Å². The number of benzene rings is 3. The van der Waals surface area contributed by atoms with E-state index in [4.69, 9.17) is 0 Å². The average Bonchev–Trinajstić information content (AvgIpc) is 2.67. The fraction of sp³-hybridized carbons (Fsp3) is 0.0952. The third-order valence-electron chi connectivity index (χ3n) is 4.21. The number of carbonyl (C=O) groups is 1. The molecule has 0 atom stereocenters. The molecular formula is C21H16FN3O. The first-order chi connectivity index (χ1) is 12.7. The fourth-order valence-corrected chi connectivity index (χ4v) is 2.84. The van der Waals surface area contributed by atoms with E-state index in [9.17, 15) is 9.18 Å². The standard InChI is InChI=1S/C21H16FN3O/c22-16-8-5-14(6-9-16)11-12-23-21(26)15-7-10-19-20(13-15)25-18-4-2-1-3-17(18)24-19/h1-10,13H,11-12H2,(H,23,26). The summed E-state index contributed by atoms with van der Waals surface area (Å²) in [7, 11) is 0. The van der Waals surface area contributed by atoms with E-state index in [2.05, 4.69) is 15.3 Å². The number of para-hydroxylation sites is 2. The van der Waals surface area contributed by atoms with Crippen LogP contribution in [-0.2, 0) is 6.42 Å². The van der Waals surface area contributed by atoms with Crippen molar-refractivity contribution in [3.63, 3.8) is 0 Å². The van der Waals surface area contributed by atoms with Crippen LogP contribution in [0.1, 0.15) is 15.9 Å². The van der Waals surface area contributed by atoms with Crippen molar-refractivity contribution in [2.45, 2.75) is 6.42 Å². The minimum atomic E-state index is -0.261. The zero-order valence-corrected chi connectivity index (χ0v) is 13.9. The number of aromatic nitrogens is 2. The Labute approximate surface area is 149 Å². The predicted molar refractivity (Wildman–Crippen MR) is 99.5 cm³/mol. The summed E-state index contributed by atoms with van der Waals surface area (Å²) >= 11 is 0. The molecular weight excluding hydrogens is 329 g/mol. The largest absolute Gasteiger partial charge is 0.352 e. The third kappa shape index (κ3) is 3.37. The number of halogens is 1. The van der Waals surface area contributed by atoms with Gasteiger partial charge in [0.15, 0.2) is 0 Å². The van der Waals surface area contributed by atoms with E-state index in [-0.39, 0.29) is 11.7 Å². The van der Waals surface area contributed by atoms with Crippen LogP contribution < -0.4 is 5.32 Å². The van der Waals surface area contributed by atoms with E-state index in [1.54, 1.807) is 24.3 Å². The summed E-state index contributed by atoms with van der Waals surface area (Å²) in [5.41, 5.74) is 4.59. The summed E-state index contributed by atoms with van der Waals surface area (Å²) in [6.07, 6.45) is 0.643. The summed E-state index contributed by atoms with van der Waals surface area (Å²) in [6.45, 7) is 0.478. The molecule has 4 rings (SSSR count). The first-order valence-electron chi connectivity index (χ1n) is 8.38. The molecule has 0 radical (unpaired) electrons. The van der Waals surface area contributed by atoms with Crippen LogP contribution in [0.2, 0.25) is 0 Å².